The first-order chi connectivity index (χ1) is 15.1. The van der Waals surface area contributed by atoms with Crippen LogP contribution in [-0.2, 0) is 14.4 Å². The topological polar surface area (TPSA) is 57.7 Å². The summed E-state index contributed by atoms with van der Waals surface area (Å²) in [6.07, 6.45) is 3.75. The molecular weight excluding hydrogens is 431 g/mol. The van der Waals surface area contributed by atoms with E-state index in [0.717, 1.165) is 22.1 Å². The largest absolute Gasteiger partial charge is 0.359 e. The van der Waals surface area contributed by atoms with Crippen molar-refractivity contribution < 1.29 is 18.8 Å². The number of ketones is 1. The molecule has 2 aromatic carbocycles. The van der Waals surface area contributed by atoms with Gasteiger partial charge in [0.05, 0.1) is 28.6 Å². The number of nitrogens with zero attached hydrogens (tertiary/aromatic N) is 2. The summed E-state index contributed by atoms with van der Waals surface area (Å²) in [6, 6.07) is 10.3. The predicted octanol–water partition coefficient (Wildman–Crippen LogP) is 4.61. The minimum Gasteiger partial charge on any atom is -0.359 e. The number of benzene rings is 2. The van der Waals surface area contributed by atoms with Gasteiger partial charge in [0, 0.05) is 11.6 Å². The second-order valence-electron chi connectivity index (χ2n) is 9.56. The van der Waals surface area contributed by atoms with Gasteiger partial charge in [-0.15, -0.1) is 0 Å². The fraction of sp³-hybridized carbons (Fsp3) is 0.320. The molecular formula is C25H22ClFN2O3. The smallest absolute Gasteiger partial charge is 0.240 e. The molecule has 3 aliphatic heterocycles. The number of hydrogen-bond donors (Lipinski definition) is 0. The molecule has 0 aromatic heterocycles. The van der Waals surface area contributed by atoms with E-state index in [4.69, 9.17) is 11.6 Å². The van der Waals surface area contributed by atoms with Crippen LogP contribution in [0.1, 0.15) is 37.9 Å². The number of Topliss-reactive ketones (excluding diaryl/α,β-unsaturated/α-hetero) is 1. The lowest BCUT2D eigenvalue weighted by molar-refractivity contribution is -0.135. The summed E-state index contributed by atoms with van der Waals surface area (Å²) in [5.74, 6) is -3.14. The quantitative estimate of drug-likeness (QED) is 0.624. The minimum absolute atomic E-state index is 0.0980. The molecule has 32 heavy (non-hydrogen) atoms. The predicted molar refractivity (Wildman–Crippen MR) is 119 cm³/mol. The van der Waals surface area contributed by atoms with E-state index in [2.05, 4.69) is 0 Å². The van der Waals surface area contributed by atoms with Crippen LogP contribution in [0.15, 0.2) is 48.7 Å². The summed E-state index contributed by atoms with van der Waals surface area (Å²) in [7, 11) is 0. The van der Waals surface area contributed by atoms with E-state index in [1.807, 2.05) is 62.2 Å². The highest BCUT2D eigenvalue weighted by molar-refractivity contribution is 6.31. The van der Waals surface area contributed by atoms with Crippen molar-refractivity contribution >= 4 is 41.0 Å². The first-order valence-electron chi connectivity index (χ1n) is 10.5. The fourth-order valence-corrected chi connectivity index (χ4v) is 5.35. The van der Waals surface area contributed by atoms with E-state index >= 15 is 0 Å². The van der Waals surface area contributed by atoms with Crippen LogP contribution in [0.2, 0.25) is 5.02 Å². The molecule has 0 bridgehead atoms. The monoisotopic (exact) mass is 452 g/mol. The molecule has 7 heteroatoms. The van der Waals surface area contributed by atoms with Gasteiger partial charge in [0.2, 0.25) is 11.8 Å². The zero-order chi connectivity index (χ0) is 22.9. The number of rotatable bonds is 2. The molecule has 164 valence electrons. The molecule has 0 aliphatic carbocycles. The summed E-state index contributed by atoms with van der Waals surface area (Å²) in [5, 5.41) is -0.171. The Balaban J connectivity index is 1.67. The molecule has 2 saturated heterocycles. The van der Waals surface area contributed by atoms with Crippen LogP contribution in [0.3, 0.4) is 0 Å². The molecule has 2 fully saturated rings. The summed E-state index contributed by atoms with van der Waals surface area (Å²) in [4.78, 5) is 43.8. The van der Waals surface area contributed by atoms with Crippen molar-refractivity contribution in [3.63, 3.8) is 0 Å². The Bertz CT molecular complexity index is 1200. The molecule has 5 nitrogen and oxygen atoms in total. The third-order valence-electron chi connectivity index (χ3n) is 6.63. The average molecular weight is 453 g/mol. The molecule has 4 atom stereocenters. The number of amides is 2. The van der Waals surface area contributed by atoms with Gasteiger partial charge in [0.15, 0.2) is 5.78 Å². The molecule has 5 rings (SSSR count). The van der Waals surface area contributed by atoms with Gasteiger partial charge in [-0.2, -0.15) is 0 Å². The standard InChI is InChI=1S/C25H22ClFN2O3/c1-25(2,3)22(30)21-19-18(20-15-7-5-4-6-13(15)10-11-28(20)21)23(31)29(24(19)32)14-8-9-17(27)16(26)12-14/h4-12,18-21H,1-3H3/t18-,19+,20+,21-/m0/s1. The normalized spacial score (nSPS) is 26.3. The number of carbonyl (C=O) groups excluding carboxylic acids is 3. The Labute approximate surface area is 190 Å². The number of halogens is 2. The van der Waals surface area contributed by atoms with E-state index < -0.39 is 47.0 Å². The van der Waals surface area contributed by atoms with Crippen molar-refractivity contribution in [1.82, 2.24) is 4.90 Å². The molecule has 2 aromatic rings. The highest BCUT2D eigenvalue weighted by Gasteiger charge is 2.65. The summed E-state index contributed by atoms with van der Waals surface area (Å²) < 4.78 is 13.7. The van der Waals surface area contributed by atoms with Gasteiger partial charge >= 0.3 is 0 Å². The van der Waals surface area contributed by atoms with Gasteiger partial charge in [0.25, 0.3) is 0 Å². The van der Waals surface area contributed by atoms with E-state index in [1.165, 1.54) is 12.1 Å². The molecule has 3 aliphatic rings. The third-order valence-corrected chi connectivity index (χ3v) is 6.92. The molecule has 2 amide bonds. The molecule has 0 unspecified atom stereocenters. The van der Waals surface area contributed by atoms with Crippen LogP contribution in [0.5, 0.6) is 0 Å². The third kappa shape index (κ3) is 2.85. The van der Waals surface area contributed by atoms with Crippen LogP contribution in [0.4, 0.5) is 10.1 Å². The lowest BCUT2D eigenvalue weighted by Crippen LogP contribution is -2.47. The van der Waals surface area contributed by atoms with Crippen molar-refractivity contribution in [3.05, 3.63) is 70.6 Å². The van der Waals surface area contributed by atoms with E-state index in [0.29, 0.717) is 0 Å². The maximum absolute atomic E-state index is 13.7. The van der Waals surface area contributed by atoms with Crippen molar-refractivity contribution in [2.75, 3.05) is 4.90 Å². The zero-order valence-electron chi connectivity index (χ0n) is 17.9. The van der Waals surface area contributed by atoms with Crippen molar-refractivity contribution in [3.8, 4) is 0 Å². The van der Waals surface area contributed by atoms with E-state index in [-0.39, 0.29) is 16.5 Å². The lowest BCUT2D eigenvalue weighted by atomic mass is 9.79. The Morgan fingerprint density at radius 1 is 1.03 bits per heavy atom. The number of anilines is 1. The fourth-order valence-electron chi connectivity index (χ4n) is 5.18. The first-order valence-corrected chi connectivity index (χ1v) is 10.9. The van der Waals surface area contributed by atoms with Crippen molar-refractivity contribution in [1.29, 1.82) is 0 Å². The van der Waals surface area contributed by atoms with Crippen molar-refractivity contribution in [2.24, 2.45) is 17.3 Å². The second-order valence-corrected chi connectivity index (χ2v) is 9.96. The van der Waals surface area contributed by atoms with Gasteiger partial charge in [-0.3, -0.25) is 14.4 Å². The number of carbonyl (C=O) groups is 3. The molecule has 0 radical (unpaired) electrons. The molecule has 0 N–H and O–H groups in total. The van der Waals surface area contributed by atoms with Crippen LogP contribution in [-0.4, -0.2) is 28.5 Å². The van der Waals surface area contributed by atoms with Gasteiger partial charge in [-0.1, -0.05) is 56.6 Å². The van der Waals surface area contributed by atoms with Gasteiger partial charge in [-0.05, 0) is 35.4 Å². The number of hydrogen-bond acceptors (Lipinski definition) is 4. The average Bonchev–Trinajstić information content (AvgIpc) is 3.22. The van der Waals surface area contributed by atoms with E-state index in [9.17, 15) is 18.8 Å². The Morgan fingerprint density at radius 2 is 1.72 bits per heavy atom. The molecule has 0 saturated carbocycles. The van der Waals surface area contributed by atoms with Gasteiger partial charge < -0.3 is 4.90 Å². The first kappa shape index (κ1) is 20.9. The summed E-state index contributed by atoms with van der Waals surface area (Å²) >= 11 is 5.93. The maximum atomic E-state index is 13.7. The summed E-state index contributed by atoms with van der Waals surface area (Å²) in [5.41, 5.74) is 1.38. The lowest BCUT2D eigenvalue weighted by Gasteiger charge is -2.37. The van der Waals surface area contributed by atoms with Crippen LogP contribution >= 0.6 is 11.6 Å². The maximum Gasteiger partial charge on any atom is 0.240 e. The van der Waals surface area contributed by atoms with Gasteiger partial charge in [-0.25, -0.2) is 9.29 Å². The van der Waals surface area contributed by atoms with Crippen LogP contribution in [0.25, 0.3) is 6.08 Å². The van der Waals surface area contributed by atoms with Crippen LogP contribution < -0.4 is 4.90 Å². The Morgan fingerprint density at radius 3 is 2.41 bits per heavy atom. The minimum atomic E-state index is -0.834. The summed E-state index contributed by atoms with van der Waals surface area (Å²) in [6.45, 7) is 5.45. The number of fused-ring (bicyclic) bond motifs is 5. The number of imide groups is 1. The second kappa shape index (κ2) is 7.01. The van der Waals surface area contributed by atoms with Crippen molar-refractivity contribution in [2.45, 2.75) is 32.9 Å². The van der Waals surface area contributed by atoms with Gasteiger partial charge in [0.1, 0.15) is 11.9 Å². The molecule has 3 heterocycles. The Hall–Kier alpha value is -2.99. The highest BCUT2D eigenvalue weighted by atomic mass is 35.5. The SMILES string of the molecule is CC(C)(C)C(=O)[C@@H]1[C@@H]2C(=O)N(c3ccc(F)c(Cl)c3)C(=O)[C@@H]2[C@H]2c3ccccc3C=CN12. The molecule has 0 spiro atoms. The van der Waals surface area contributed by atoms with E-state index in [1.54, 1.807) is 0 Å². The zero-order valence-corrected chi connectivity index (χ0v) is 18.6. The highest BCUT2D eigenvalue weighted by Crippen LogP contribution is 2.54. The van der Waals surface area contributed by atoms with Crippen LogP contribution in [0, 0.1) is 23.1 Å². The Kier molecular flexibility index (Phi) is 4.57.